The van der Waals surface area contributed by atoms with Gasteiger partial charge in [0.2, 0.25) is 5.91 Å². The van der Waals surface area contributed by atoms with Crippen LogP contribution in [0.2, 0.25) is 0 Å². The van der Waals surface area contributed by atoms with Crippen molar-refractivity contribution in [2.24, 2.45) is 0 Å². The van der Waals surface area contributed by atoms with Crippen LogP contribution in [0.25, 0.3) is 6.08 Å². The molecule has 0 unspecified atom stereocenters. The zero-order valence-corrected chi connectivity index (χ0v) is 19.0. The van der Waals surface area contributed by atoms with Crippen molar-refractivity contribution in [1.29, 1.82) is 5.26 Å². The molecule has 1 N–H and O–H groups in total. The van der Waals surface area contributed by atoms with Gasteiger partial charge in [-0.2, -0.15) is 5.26 Å². The van der Waals surface area contributed by atoms with Crippen LogP contribution in [0.1, 0.15) is 17.5 Å². The molecule has 0 aliphatic carbocycles. The third kappa shape index (κ3) is 8.01. The fraction of sp³-hybridized carbons (Fsp3) is 0.273. The lowest BCUT2D eigenvalue weighted by Gasteiger charge is -2.11. The van der Waals surface area contributed by atoms with E-state index >= 15 is 0 Å². The molecule has 0 spiro atoms. The second kappa shape index (κ2) is 11.5. The molecule has 2 aromatic rings. The second-order valence-electron chi connectivity index (χ2n) is 6.58. The maximum Gasteiger partial charge on any atom is 0.248 e. The summed E-state index contributed by atoms with van der Waals surface area (Å²) in [5.41, 5.74) is 1.85. The average molecular weight is 491 g/mol. The quantitative estimate of drug-likeness (QED) is 0.513. The smallest absolute Gasteiger partial charge is 0.248 e. The maximum absolute atomic E-state index is 12.7. The van der Waals surface area contributed by atoms with Gasteiger partial charge in [0.05, 0.1) is 24.7 Å². The number of rotatable bonds is 10. The van der Waals surface area contributed by atoms with Crippen LogP contribution >= 0.6 is 15.9 Å². The maximum atomic E-state index is 12.7. The van der Waals surface area contributed by atoms with Gasteiger partial charge in [-0.1, -0.05) is 40.2 Å². The topological polar surface area (TPSA) is 96.3 Å². The van der Waals surface area contributed by atoms with E-state index in [1.54, 1.807) is 25.3 Å². The van der Waals surface area contributed by atoms with Crippen molar-refractivity contribution in [3.05, 3.63) is 69.7 Å². The van der Waals surface area contributed by atoms with Gasteiger partial charge in [-0.05, 0) is 47.9 Å². The number of methoxy groups -OCH3 is 1. The highest BCUT2D eigenvalue weighted by atomic mass is 79.9. The Labute approximate surface area is 185 Å². The first-order chi connectivity index (χ1) is 14.3. The van der Waals surface area contributed by atoms with E-state index in [0.29, 0.717) is 18.5 Å². The summed E-state index contributed by atoms with van der Waals surface area (Å²) in [7, 11) is -1.99. The van der Waals surface area contributed by atoms with E-state index < -0.39 is 21.5 Å². The van der Waals surface area contributed by atoms with Crippen LogP contribution in [-0.4, -0.2) is 39.5 Å². The number of sulfone groups is 1. The number of hydrogen-bond donors (Lipinski definition) is 1. The predicted molar refractivity (Wildman–Crippen MR) is 121 cm³/mol. The normalized spacial score (nSPS) is 11.6. The van der Waals surface area contributed by atoms with E-state index in [4.69, 9.17) is 10.00 Å². The molecule has 0 aromatic heterocycles. The van der Waals surface area contributed by atoms with Gasteiger partial charge < -0.3 is 10.1 Å². The Morgan fingerprint density at radius 2 is 1.97 bits per heavy atom. The van der Waals surface area contributed by atoms with Gasteiger partial charge in [-0.3, -0.25) is 4.79 Å². The molecule has 0 atom stereocenters. The van der Waals surface area contributed by atoms with E-state index in [0.717, 1.165) is 15.8 Å². The van der Waals surface area contributed by atoms with Crippen LogP contribution in [0.5, 0.6) is 5.75 Å². The molecule has 0 aliphatic rings. The van der Waals surface area contributed by atoms with E-state index in [1.807, 2.05) is 42.5 Å². The number of halogens is 1. The summed E-state index contributed by atoms with van der Waals surface area (Å²) in [5, 5.41) is 11.5. The number of hydrogen-bond acceptors (Lipinski definition) is 5. The predicted octanol–water partition coefficient (Wildman–Crippen LogP) is 3.53. The molecule has 0 fully saturated rings. The molecule has 0 bridgehead atoms. The van der Waals surface area contributed by atoms with Crippen LogP contribution in [-0.2, 0) is 21.1 Å². The number of carbonyl (C=O) groups is 1. The highest BCUT2D eigenvalue weighted by Crippen LogP contribution is 2.15. The lowest BCUT2D eigenvalue weighted by molar-refractivity contribution is -0.117. The van der Waals surface area contributed by atoms with Gasteiger partial charge in [0.1, 0.15) is 5.75 Å². The van der Waals surface area contributed by atoms with Crippen LogP contribution in [0.4, 0.5) is 0 Å². The molecule has 2 aromatic carbocycles. The monoisotopic (exact) mass is 490 g/mol. The molecule has 0 aliphatic heterocycles. The summed E-state index contributed by atoms with van der Waals surface area (Å²) >= 11 is 3.35. The van der Waals surface area contributed by atoms with Crippen molar-refractivity contribution in [2.75, 3.05) is 25.2 Å². The number of benzene rings is 2. The molecule has 0 saturated heterocycles. The fourth-order valence-corrected chi connectivity index (χ4v) is 4.20. The van der Waals surface area contributed by atoms with E-state index in [-0.39, 0.29) is 17.7 Å². The lowest BCUT2D eigenvalue weighted by Crippen LogP contribution is -2.30. The largest absolute Gasteiger partial charge is 0.497 e. The summed E-state index contributed by atoms with van der Waals surface area (Å²) < 4.78 is 30.7. The molecule has 0 heterocycles. The average Bonchev–Trinajstić information content (AvgIpc) is 2.73. The third-order valence-corrected chi connectivity index (χ3v) is 6.34. The Morgan fingerprint density at radius 1 is 1.23 bits per heavy atom. The molecule has 1 amide bonds. The van der Waals surface area contributed by atoms with Gasteiger partial charge >= 0.3 is 0 Å². The van der Waals surface area contributed by atoms with Crippen LogP contribution < -0.4 is 10.1 Å². The van der Waals surface area contributed by atoms with Crippen LogP contribution in [0.15, 0.2) is 58.6 Å². The van der Waals surface area contributed by atoms with Crippen LogP contribution in [0, 0.1) is 11.3 Å². The Hall–Kier alpha value is -2.63. The highest BCUT2D eigenvalue weighted by Gasteiger charge is 2.19. The Morgan fingerprint density at radius 3 is 2.63 bits per heavy atom. The van der Waals surface area contributed by atoms with Gasteiger partial charge in [-0.25, -0.2) is 8.42 Å². The van der Waals surface area contributed by atoms with E-state index in [1.165, 1.54) is 0 Å². The molecular formula is C22H23BrN2O4S. The van der Waals surface area contributed by atoms with Gasteiger partial charge in [0, 0.05) is 23.0 Å². The minimum absolute atomic E-state index is 0.106. The molecule has 0 radical (unpaired) electrons. The summed E-state index contributed by atoms with van der Waals surface area (Å²) in [4.78, 5) is 12.7. The standard InChI is InChI=1S/C22H23BrN2O4S/c1-29-21-5-2-4-17(15-21)10-12-25-22(26)19(16-30(27,28)13-3-11-24)14-18-6-8-20(23)9-7-18/h2,4-9,14-15H,3,10,12-13,16H2,1H3,(H,25,26)/b19-14+. The molecule has 158 valence electrons. The number of nitrogens with zero attached hydrogens (tertiary/aromatic N) is 1. The zero-order valence-electron chi connectivity index (χ0n) is 16.6. The molecule has 8 heteroatoms. The zero-order chi connectivity index (χ0) is 22.0. The lowest BCUT2D eigenvalue weighted by atomic mass is 10.1. The van der Waals surface area contributed by atoms with E-state index in [9.17, 15) is 13.2 Å². The molecule has 30 heavy (non-hydrogen) atoms. The number of amides is 1. The van der Waals surface area contributed by atoms with Gasteiger partial charge in [0.25, 0.3) is 0 Å². The number of nitrogens with one attached hydrogen (secondary N) is 1. The molecule has 2 rings (SSSR count). The third-order valence-electron chi connectivity index (χ3n) is 4.24. The minimum Gasteiger partial charge on any atom is -0.497 e. The SMILES string of the molecule is COc1cccc(CCNC(=O)/C(=C/c2ccc(Br)cc2)CS(=O)(=O)CCC#N)c1. The molecular weight excluding hydrogens is 468 g/mol. The summed E-state index contributed by atoms with van der Waals surface area (Å²) in [6.07, 6.45) is 2.04. The van der Waals surface area contributed by atoms with Crippen molar-refractivity contribution in [1.82, 2.24) is 5.32 Å². The first kappa shape index (κ1) is 23.6. The number of nitriles is 1. The van der Waals surface area contributed by atoms with Crippen molar-refractivity contribution >= 4 is 37.8 Å². The van der Waals surface area contributed by atoms with Crippen molar-refractivity contribution in [3.8, 4) is 11.8 Å². The molecule has 6 nitrogen and oxygen atoms in total. The first-order valence-corrected chi connectivity index (χ1v) is 11.9. The minimum atomic E-state index is -3.58. The Kier molecular flexibility index (Phi) is 9.09. The fourth-order valence-electron chi connectivity index (χ4n) is 2.71. The Bertz CT molecular complexity index is 1040. The second-order valence-corrected chi connectivity index (χ2v) is 9.68. The summed E-state index contributed by atoms with van der Waals surface area (Å²) in [6.45, 7) is 0.349. The summed E-state index contributed by atoms with van der Waals surface area (Å²) in [5.74, 6) is -0.409. The van der Waals surface area contributed by atoms with Gasteiger partial charge in [0.15, 0.2) is 9.84 Å². The van der Waals surface area contributed by atoms with Gasteiger partial charge in [-0.15, -0.1) is 0 Å². The molecule has 0 saturated carbocycles. The van der Waals surface area contributed by atoms with Crippen LogP contribution in [0.3, 0.4) is 0 Å². The van der Waals surface area contributed by atoms with Crippen molar-refractivity contribution in [2.45, 2.75) is 12.8 Å². The highest BCUT2D eigenvalue weighted by molar-refractivity contribution is 9.10. The van der Waals surface area contributed by atoms with Crippen molar-refractivity contribution < 1.29 is 17.9 Å². The number of ether oxygens (including phenoxy) is 1. The van der Waals surface area contributed by atoms with E-state index in [2.05, 4.69) is 21.2 Å². The number of carbonyl (C=O) groups excluding carboxylic acids is 1. The van der Waals surface area contributed by atoms with Crippen molar-refractivity contribution in [3.63, 3.8) is 0 Å². The summed E-state index contributed by atoms with van der Waals surface area (Å²) in [6, 6.07) is 16.6. The Balaban J connectivity index is 2.12. The first-order valence-electron chi connectivity index (χ1n) is 9.27.